The van der Waals surface area contributed by atoms with Crippen LogP contribution in [0.5, 0.6) is 0 Å². The summed E-state index contributed by atoms with van der Waals surface area (Å²) in [7, 11) is 0. The van der Waals surface area contributed by atoms with E-state index in [4.69, 9.17) is 4.74 Å². The highest BCUT2D eigenvalue weighted by Crippen LogP contribution is 2.33. The molecule has 1 aliphatic heterocycles. The van der Waals surface area contributed by atoms with Gasteiger partial charge in [-0.05, 0) is 31.1 Å². The van der Waals surface area contributed by atoms with Gasteiger partial charge in [-0.3, -0.25) is 4.90 Å². The Balaban J connectivity index is 2.24. The molecule has 0 atom stereocenters. The number of hydrogen-bond donors (Lipinski definition) is 0. The van der Waals surface area contributed by atoms with Gasteiger partial charge in [-0.15, -0.1) is 0 Å². The van der Waals surface area contributed by atoms with Crippen LogP contribution in [0.4, 0.5) is 0 Å². The maximum atomic E-state index is 5.42. The normalized spacial score (nSPS) is 21.4. The van der Waals surface area contributed by atoms with Gasteiger partial charge in [-0.25, -0.2) is 0 Å². The number of hydrogen-bond acceptors (Lipinski definition) is 2. The van der Waals surface area contributed by atoms with E-state index in [1.165, 1.54) is 25.9 Å². The molecule has 0 aromatic heterocycles. The zero-order valence-corrected chi connectivity index (χ0v) is 10.2. The Morgan fingerprint density at radius 1 is 1.21 bits per heavy atom. The third-order valence-corrected chi connectivity index (χ3v) is 3.29. The molecular weight excluding hydrogens is 174 g/mol. The highest BCUT2D eigenvalue weighted by molar-refractivity contribution is 4.79. The second kappa shape index (κ2) is 5.13. The molecule has 1 heterocycles. The molecule has 0 amide bonds. The highest BCUT2D eigenvalue weighted by atomic mass is 16.5. The quantitative estimate of drug-likeness (QED) is 0.693. The fraction of sp³-hybridized carbons (Fsp3) is 1.00. The standard InChI is InChI=1S/C12H25NO/c1-5-14-10-13-8-6-11(7-9-13)12(2,3)4/h11H,5-10H2,1-4H3. The summed E-state index contributed by atoms with van der Waals surface area (Å²) in [5, 5.41) is 0. The van der Waals surface area contributed by atoms with Gasteiger partial charge in [0, 0.05) is 19.7 Å². The van der Waals surface area contributed by atoms with E-state index < -0.39 is 0 Å². The van der Waals surface area contributed by atoms with Gasteiger partial charge in [0.25, 0.3) is 0 Å². The minimum absolute atomic E-state index is 0.484. The van der Waals surface area contributed by atoms with E-state index in [1.54, 1.807) is 0 Å². The summed E-state index contributed by atoms with van der Waals surface area (Å²) in [6.07, 6.45) is 2.66. The van der Waals surface area contributed by atoms with Crippen LogP contribution in [0.25, 0.3) is 0 Å². The first-order valence-electron chi connectivity index (χ1n) is 5.84. The van der Waals surface area contributed by atoms with Gasteiger partial charge in [-0.2, -0.15) is 0 Å². The summed E-state index contributed by atoms with van der Waals surface area (Å²) in [6.45, 7) is 13.2. The predicted octanol–water partition coefficient (Wildman–Crippen LogP) is 2.74. The Kier molecular flexibility index (Phi) is 4.39. The van der Waals surface area contributed by atoms with E-state index in [-0.39, 0.29) is 0 Å². The Bertz CT molecular complexity index is 154. The summed E-state index contributed by atoms with van der Waals surface area (Å²) in [4.78, 5) is 2.42. The van der Waals surface area contributed by atoms with Gasteiger partial charge in [0.15, 0.2) is 0 Å². The summed E-state index contributed by atoms with van der Waals surface area (Å²) in [6, 6.07) is 0. The fourth-order valence-corrected chi connectivity index (χ4v) is 2.15. The lowest BCUT2D eigenvalue weighted by Gasteiger charge is -2.38. The average Bonchev–Trinajstić information content (AvgIpc) is 2.14. The van der Waals surface area contributed by atoms with Crippen molar-refractivity contribution in [2.24, 2.45) is 11.3 Å². The molecule has 0 aliphatic carbocycles. The number of likely N-dealkylation sites (tertiary alicyclic amines) is 1. The number of ether oxygens (including phenoxy) is 1. The molecule has 0 bridgehead atoms. The predicted molar refractivity (Wildman–Crippen MR) is 60.2 cm³/mol. The minimum atomic E-state index is 0.484. The van der Waals surface area contributed by atoms with Crippen molar-refractivity contribution in [1.82, 2.24) is 4.90 Å². The van der Waals surface area contributed by atoms with E-state index in [0.29, 0.717) is 5.41 Å². The smallest absolute Gasteiger partial charge is 0.0990 e. The second-order valence-electron chi connectivity index (χ2n) is 5.38. The Hall–Kier alpha value is -0.0800. The van der Waals surface area contributed by atoms with Crippen molar-refractivity contribution >= 4 is 0 Å². The molecule has 1 fully saturated rings. The van der Waals surface area contributed by atoms with Gasteiger partial charge in [0.2, 0.25) is 0 Å². The molecule has 1 aliphatic rings. The van der Waals surface area contributed by atoms with Crippen LogP contribution in [-0.4, -0.2) is 31.3 Å². The topological polar surface area (TPSA) is 12.5 Å². The van der Waals surface area contributed by atoms with E-state index >= 15 is 0 Å². The van der Waals surface area contributed by atoms with Crippen LogP contribution in [0, 0.1) is 11.3 Å². The van der Waals surface area contributed by atoms with Crippen LogP contribution >= 0.6 is 0 Å². The molecule has 1 rings (SSSR count). The van der Waals surface area contributed by atoms with E-state index in [2.05, 4.69) is 32.6 Å². The summed E-state index contributed by atoms with van der Waals surface area (Å²) in [5.74, 6) is 0.889. The van der Waals surface area contributed by atoms with Gasteiger partial charge in [0.1, 0.15) is 0 Å². The number of rotatable bonds is 3. The monoisotopic (exact) mass is 199 g/mol. The van der Waals surface area contributed by atoms with Crippen LogP contribution < -0.4 is 0 Å². The number of piperidine rings is 1. The van der Waals surface area contributed by atoms with Crippen molar-refractivity contribution in [1.29, 1.82) is 0 Å². The SMILES string of the molecule is CCOCN1CCC(C(C)(C)C)CC1. The van der Waals surface area contributed by atoms with E-state index in [1.807, 2.05) is 0 Å². The second-order valence-corrected chi connectivity index (χ2v) is 5.38. The molecule has 84 valence electrons. The Morgan fingerprint density at radius 3 is 2.21 bits per heavy atom. The lowest BCUT2D eigenvalue weighted by molar-refractivity contribution is 0.00391. The molecule has 0 aromatic carbocycles. The molecule has 14 heavy (non-hydrogen) atoms. The van der Waals surface area contributed by atoms with Gasteiger partial charge in [-0.1, -0.05) is 20.8 Å². The van der Waals surface area contributed by atoms with Crippen LogP contribution in [0.15, 0.2) is 0 Å². The van der Waals surface area contributed by atoms with Crippen molar-refractivity contribution in [2.45, 2.75) is 40.5 Å². The first kappa shape index (κ1) is 12.0. The van der Waals surface area contributed by atoms with Gasteiger partial charge >= 0.3 is 0 Å². The zero-order valence-electron chi connectivity index (χ0n) is 10.2. The van der Waals surface area contributed by atoms with Crippen LogP contribution in [0.2, 0.25) is 0 Å². The van der Waals surface area contributed by atoms with E-state index in [0.717, 1.165) is 19.3 Å². The van der Waals surface area contributed by atoms with Crippen LogP contribution in [-0.2, 0) is 4.74 Å². The van der Waals surface area contributed by atoms with Crippen LogP contribution in [0.1, 0.15) is 40.5 Å². The van der Waals surface area contributed by atoms with Crippen molar-refractivity contribution in [3.05, 3.63) is 0 Å². The molecule has 0 aromatic rings. The maximum Gasteiger partial charge on any atom is 0.0990 e. The Morgan fingerprint density at radius 2 is 1.79 bits per heavy atom. The first-order chi connectivity index (χ1) is 6.54. The van der Waals surface area contributed by atoms with Crippen molar-refractivity contribution in [2.75, 3.05) is 26.4 Å². The van der Waals surface area contributed by atoms with Crippen LogP contribution in [0.3, 0.4) is 0 Å². The molecular formula is C12H25NO. The largest absolute Gasteiger partial charge is 0.366 e. The third kappa shape index (κ3) is 3.58. The molecule has 0 radical (unpaired) electrons. The Labute approximate surface area is 88.6 Å². The van der Waals surface area contributed by atoms with Gasteiger partial charge in [0.05, 0.1) is 6.73 Å². The van der Waals surface area contributed by atoms with Gasteiger partial charge < -0.3 is 4.74 Å². The average molecular weight is 199 g/mol. The molecule has 0 saturated carbocycles. The lowest BCUT2D eigenvalue weighted by atomic mass is 9.75. The molecule has 2 nitrogen and oxygen atoms in total. The minimum Gasteiger partial charge on any atom is -0.366 e. The molecule has 2 heteroatoms. The lowest BCUT2D eigenvalue weighted by Crippen LogP contribution is -2.39. The molecule has 0 N–H and O–H groups in total. The summed E-state index contributed by atoms with van der Waals surface area (Å²) >= 11 is 0. The third-order valence-electron chi connectivity index (χ3n) is 3.29. The van der Waals surface area contributed by atoms with Crippen molar-refractivity contribution < 1.29 is 4.74 Å². The summed E-state index contributed by atoms with van der Waals surface area (Å²) in [5.41, 5.74) is 0.484. The van der Waals surface area contributed by atoms with E-state index in [9.17, 15) is 0 Å². The maximum absolute atomic E-state index is 5.42. The number of nitrogens with zero attached hydrogens (tertiary/aromatic N) is 1. The molecule has 1 saturated heterocycles. The summed E-state index contributed by atoms with van der Waals surface area (Å²) < 4.78 is 5.42. The molecule has 0 spiro atoms. The van der Waals surface area contributed by atoms with Crippen molar-refractivity contribution in [3.8, 4) is 0 Å². The highest BCUT2D eigenvalue weighted by Gasteiger charge is 2.28. The fourth-order valence-electron chi connectivity index (χ4n) is 2.15. The zero-order chi connectivity index (χ0) is 10.6. The van der Waals surface area contributed by atoms with Crippen molar-refractivity contribution in [3.63, 3.8) is 0 Å². The molecule has 0 unspecified atom stereocenters. The first-order valence-corrected chi connectivity index (χ1v) is 5.84.